The monoisotopic (exact) mass is 240 g/mol. The van der Waals surface area contributed by atoms with Crippen LogP contribution in [0.1, 0.15) is 30.9 Å². The number of benzene rings is 2. The Morgan fingerprint density at radius 2 is 1.50 bits per heavy atom. The molecule has 18 heavy (non-hydrogen) atoms. The average molecular weight is 240 g/mol. The summed E-state index contributed by atoms with van der Waals surface area (Å²) in [4.78, 5) is 0. The summed E-state index contributed by atoms with van der Waals surface area (Å²) < 4.78 is 5.65. The van der Waals surface area contributed by atoms with E-state index in [0.29, 0.717) is 0 Å². The molecule has 0 bridgehead atoms. The first kappa shape index (κ1) is 12.7. The number of rotatable bonds is 6. The van der Waals surface area contributed by atoms with Gasteiger partial charge in [0.25, 0.3) is 0 Å². The molecule has 0 heterocycles. The smallest absolute Gasteiger partial charge is 0.119 e. The molecule has 0 aliphatic heterocycles. The molecule has 2 rings (SSSR count). The van der Waals surface area contributed by atoms with Crippen molar-refractivity contribution in [1.29, 1.82) is 0 Å². The van der Waals surface area contributed by atoms with Gasteiger partial charge in [0.2, 0.25) is 0 Å². The van der Waals surface area contributed by atoms with E-state index < -0.39 is 0 Å². The van der Waals surface area contributed by atoms with Gasteiger partial charge in [0.1, 0.15) is 5.75 Å². The van der Waals surface area contributed by atoms with Crippen LogP contribution in [0.5, 0.6) is 5.75 Å². The quantitative estimate of drug-likeness (QED) is 0.677. The highest BCUT2D eigenvalue weighted by Crippen LogP contribution is 2.15. The zero-order chi connectivity index (χ0) is 12.6. The molecule has 0 N–H and O–H groups in total. The van der Waals surface area contributed by atoms with E-state index in [-0.39, 0.29) is 0 Å². The minimum absolute atomic E-state index is 0.814. The maximum absolute atomic E-state index is 5.65. The predicted molar refractivity (Wildman–Crippen MR) is 76.1 cm³/mol. The van der Waals surface area contributed by atoms with E-state index >= 15 is 0 Å². The second-order valence-electron chi connectivity index (χ2n) is 4.51. The Labute approximate surface area is 109 Å². The molecule has 0 amide bonds. The molecule has 0 saturated heterocycles. The van der Waals surface area contributed by atoms with E-state index in [2.05, 4.69) is 55.5 Å². The second kappa shape index (κ2) is 6.85. The molecule has 1 nitrogen and oxygen atoms in total. The molecule has 2 aromatic carbocycles. The van der Waals surface area contributed by atoms with Gasteiger partial charge < -0.3 is 4.74 Å². The van der Waals surface area contributed by atoms with Crippen LogP contribution < -0.4 is 4.74 Å². The lowest BCUT2D eigenvalue weighted by atomic mass is 10.1. The summed E-state index contributed by atoms with van der Waals surface area (Å²) in [6.07, 6.45) is 3.27. The molecule has 0 spiro atoms. The molecule has 0 atom stereocenters. The molecular weight excluding hydrogens is 220 g/mol. The fraction of sp³-hybridized carbons (Fsp3) is 0.294. The van der Waals surface area contributed by atoms with Crippen LogP contribution in [0.15, 0.2) is 54.6 Å². The lowest BCUT2D eigenvalue weighted by Crippen LogP contribution is -1.96. The standard InChI is InChI=1S/C17H20O/c1-2-3-13-18-17-11-9-16(10-12-17)14-15-7-5-4-6-8-15/h4-12H,2-3,13-14H2,1H3. The molecule has 2 aromatic rings. The van der Waals surface area contributed by atoms with Crippen molar-refractivity contribution < 1.29 is 4.74 Å². The minimum atomic E-state index is 0.814. The van der Waals surface area contributed by atoms with Crippen molar-refractivity contribution in [3.05, 3.63) is 65.7 Å². The summed E-state index contributed by atoms with van der Waals surface area (Å²) >= 11 is 0. The van der Waals surface area contributed by atoms with E-state index in [1.54, 1.807) is 0 Å². The molecule has 0 aliphatic carbocycles. The normalized spacial score (nSPS) is 10.3. The Hall–Kier alpha value is -1.76. The van der Waals surface area contributed by atoms with Crippen LogP contribution in [0.4, 0.5) is 0 Å². The number of hydrogen-bond donors (Lipinski definition) is 0. The lowest BCUT2D eigenvalue weighted by Gasteiger charge is -2.06. The Morgan fingerprint density at radius 1 is 0.833 bits per heavy atom. The number of unbranched alkanes of at least 4 members (excludes halogenated alkanes) is 1. The topological polar surface area (TPSA) is 9.23 Å². The van der Waals surface area contributed by atoms with Crippen LogP contribution in [0.3, 0.4) is 0 Å². The summed E-state index contributed by atoms with van der Waals surface area (Å²) in [5.41, 5.74) is 2.67. The number of hydrogen-bond acceptors (Lipinski definition) is 1. The van der Waals surface area contributed by atoms with Crippen LogP contribution in [-0.4, -0.2) is 6.61 Å². The van der Waals surface area contributed by atoms with E-state index in [1.165, 1.54) is 17.5 Å². The van der Waals surface area contributed by atoms with Gasteiger partial charge in [0.05, 0.1) is 6.61 Å². The van der Waals surface area contributed by atoms with Gasteiger partial charge in [-0.2, -0.15) is 0 Å². The highest BCUT2D eigenvalue weighted by molar-refractivity contribution is 5.31. The van der Waals surface area contributed by atoms with Gasteiger partial charge in [-0.25, -0.2) is 0 Å². The summed E-state index contributed by atoms with van der Waals surface area (Å²) in [7, 11) is 0. The first-order chi connectivity index (χ1) is 8.88. The van der Waals surface area contributed by atoms with Gasteiger partial charge in [0.15, 0.2) is 0 Å². The summed E-state index contributed by atoms with van der Waals surface area (Å²) in [5, 5.41) is 0. The van der Waals surface area contributed by atoms with E-state index in [0.717, 1.165) is 25.2 Å². The van der Waals surface area contributed by atoms with E-state index in [1.807, 2.05) is 6.07 Å². The molecule has 0 aliphatic rings. The van der Waals surface area contributed by atoms with Crippen LogP contribution >= 0.6 is 0 Å². The fourth-order valence-corrected chi connectivity index (χ4v) is 1.87. The van der Waals surface area contributed by atoms with Crippen molar-refractivity contribution in [3.63, 3.8) is 0 Å². The first-order valence-electron chi connectivity index (χ1n) is 6.64. The molecule has 0 aromatic heterocycles. The van der Waals surface area contributed by atoms with Gasteiger partial charge in [-0.05, 0) is 36.1 Å². The highest BCUT2D eigenvalue weighted by atomic mass is 16.5. The molecule has 0 unspecified atom stereocenters. The maximum atomic E-state index is 5.65. The molecule has 0 saturated carbocycles. The third-order valence-electron chi connectivity index (χ3n) is 2.94. The summed E-state index contributed by atoms with van der Waals surface area (Å²) in [5.74, 6) is 0.972. The van der Waals surface area contributed by atoms with Gasteiger partial charge in [-0.1, -0.05) is 55.8 Å². The zero-order valence-electron chi connectivity index (χ0n) is 10.9. The predicted octanol–water partition coefficient (Wildman–Crippen LogP) is 4.46. The van der Waals surface area contributed by atoms with Crippen LogP contribution in [0.25, 0.3) is 0 Å². The van der Waals surface area contributed by atoms with Crippen molar-refractivity contribution in [3.8, 4) is 5.75 Å². The second-order valence-corrected chi connectivity index (χ2v) is 4.51. The Bertz CT molecular complexity index is 445. The molecule has 1 heteroatoms. The zero-order valence-corrected chi connectivity index (χ0v) is 10.9. The van der Waals surface area contributed by atoms with E-state index in [4.69, 9.17) is 4.74 Å². The maximum Gasteiger partial charge on any atom is 0.119 e. The Kier molecular flexibility index (Phi) is 4.83. The lowest BCUT2D eigenvalue weighted by molar-refractivity contribution is 0.309. The van der Waals surface area contributed by atoms with Gasteiger partial charge >= 0.3 is 0 Å². The van der Waals surface area contributed by atoms with Crippen LogP contribution in [0, 0.1) is 0 Å². The van der Waals surface area contributed by atoms with Crippen molar-refractivity contribution >= 4 is 0 Å². The fourth-order valence-electron chi connectivity index (χ4n) is 1.87. The molecule has 94 valence electrons. The van der Waals surface area contributed by atoms with Crippen molar-refractivity contribution in [1.82, 2.24) is 0 Å². The van der Waals surface area contributed by atoms with Gasteiger partial charge in [0, 0.05) is 0 Å². The van der Waals surface area contributed by atoms with Crippen molar-refractivity contribution in [2.75, 3.05) is 6.61 Å². The number of ether oxygens (including phenoxy) is 1. The van der Waals surface area contributed by atoms with Gasteiger partial charge in [-0.3, -0.25) is 0 Å². The summed E-state index contributed by atoms with van der Waals surface area (Å²) in [6, 6.07) is 18.9. The Balaban J connectivity index is 1.91. The molecule has 0 radical (unpaired) electrons. The largest absolute Gasteiger partial charge is 0.494 e. The molecule has 0 fully saturated rings. The van der Waals surface area contributed by atoms with Gasteiger partial charge in [-0.15, -0.1) is 0 Å². The average Bonchev–Trinajstić information content (AvgIpc) is 2.42. The summed E-state index contributed by atoms with van der Waals surface area (Å²) in [6.45, 7) is 2.99. The van der Waals surface area contributed by atoms with Crippen LogP contribution in [0.2, 0.25) is 0 Å². The molecular formula is C17H20O. The third kappa shape index (κ3) is 3.92. The SMILES string of the molecule is CCCCOc1ccc(Cc2ccccc2)cc1. The highest BCUT2D eigenvalue weighted by Gasteiger charge is 1.97. The Morgan fingerprint density at radius 3 is 2.17 bits per heavy atom. The van der Waals surface area contributed by atoms with Crippen LogP contribution in [-0.2, 0) is 6.42 Å². The van der Waals surface area contributed by atoms with E-state index in [9.17, 15) is 0 Å². The third-order valence-corrected chi connectivity index (χ3v) is 2.94. The van der Waals surface area contributed by atoms with Crippen molar-refractivity contribution in [2.24, 2.45) is 0 Å². The first-order valence-corrected chi connectivity index (χ1v) is 6.64. The minimum Gasteiger partial charge on any atom is -0.494 e. The van der Waals surface area contributed by atoms with Crippen molar-refractivity contribution in [2.45, 2.75) is 26.2 Å².